The molecule has 0 unspecified atom stereocenters. The summed E-state index contributed by atoms with van der Waals surface area (Å²) in [6.07, 6.45) is -1.43. The van der Waals surface area contributed by atoms with E-state index in [1.807, 2.05) is 0 Å². The number of thiol groups is 1. The fraction of sp³-hybridized carbons (Fsp3) is 0.273. The summed E-state index contributed by atoms with van der Waals surface area (Å²) in [6.45, 7) is 0. The minimum atomic E-state index is -4.38. The van der Waals surface area contributed by atoms with Crippen LogP contribution in [0.3, 0.4) is 0 Å². The van der Waals surface area contributed by atoms with Crippen molar-refractivity contribution in [3.8, 4) is 5.75 Å². The standard InChI is InChI=1S/C11H11F3OS/c1-15-9-5-4-8(3-2-6-16)10(7-9)11(12,13)14/h2-5,7,16H,6H2,1H3. The fourth-order valence-electron chi connectivity index (χ4n) is 1.23. The first kappa shape index (κ1) is 13.0. The maximum Gasteiger partial charge on any atom is 0.417 e. The lowest BCUT2D eigenvalue weighted by Crippen LogP contribution is -2.07. The van der Waals surface area contributed by atoms with E-state index >= 15 is 0 Å². The zero-order valence-electron chi connectivity index (χ0n) is 8.58. The van der Waals surface area contributed by atoms with Crippen molar-refractivity contribution < 1.29 is 17.9 Å². The van der Waals surface area contributed by atoms with E-state index in [1.54, 1.807) is 6.08 Å². The summed E-state index contributed by atoms with van der Waals surface area (Å²) in [5.74, 6) is 0.582. The van der Waals surface area contributed by atoms with Crippen LogP contribution in [0.1, 0.15) is 11.1 Å². The van der Waals surface area contributed by atoms with E-state index < -0.39 is 11.7 Å². The number of hydrogen-bond donors (Lipinski definition) is 1. The van der Waals surface area contributed by atoms with Gasteiger partial charge in [-0.05, 0) is 17.7 Å². The Hall–Kier alpha value is -1.10. The van der Waals surface area contributed by atoms with Gasteiger partial charge in [-0.2, -0.15) is 25.8 Å². The molecule has 0 saturated carbocycles. The van der Waals surface area contributed by atoms with Crippen LogP contribution in [0.2, 0.25) is 0 Å². The Morgan fingerprint density at radius 1 is 1.38 bits per heavy atom. The Morgan fingerprint density at radius 2 is 2.06 bits per heavy atom. The molecule has 5 heteroatoms. The first-order chi connectivity index (χ1) is 7.49. The monoisotopic (exact) mass is 248 g/mol. The van der Waals surface area contributed by atoms with Gasteiger partial charge in [0.05, 0.1) is 12.7 Å². The molecule has 0 radical (unpaired) electrons. The van der Waals surface area contributed by atoms with Gasteiger partial charge in [-0.3, -0.25) is 0 Å². The van der Waals surface area contributed by atoms with Crippen molar-refractivity contribution >= 4 is 18.7 Å². The highest BCUT2D eigenvalue weighted by atomic mass is 32.1. The molecule has 0 saturated heterocycles. The molecule has 1 aromatic rings. The van der Waals surface area contributed by atoms with Gasteiger partial charge in [0.1, 0.15) is 5.75 Å². The van der Waals surface area contributed by atoms with Crippen LogP contribution in [0.5, 0.6) is 5.75 Å². The van der Waals surface area contributed by atoms with Crippen molar-refractivity contribution in [2.75, 3.05) is 12.9 Å². The Bertz CT molecular complexity index is 385. The molecule has 0 aliphatic heterocycles. The number of benzene rings is 1. The zero-order valence-corrected chi connectivity index (χ0v) is 9.48. The highest BCUT2D eigenvalue weighted by Gasteiger charge is 2.33. The highest BCUT2D eigenvalue weighted by Crippen LogP contribution is 2.34. The second-order valence-corrected chi connectivity index (χ2v) is 3.40. The molecule has 0 fully saturated rings. The van der Waals surface area contributed by atoms with Crippen LogP contribution in [0.15, 0.2) is 24.3 Å². The Labute approximate surface area is 97.3 Å². The van der Waals surface area contributed by atoms with E-state index in [-0.39, 0.29) is 11.3 Å². The number of halogens is 3. The summed E-state index contributed by atoms with van der Waals surface area (Å²) in [5, 5.41) is 0. The maximum absolute atomic E-state index is 12.7. The van der Waals surface area contributed by atoms with E-state index in [1.165, 1.54) is 25.3 Å². The van der Waals surface area contributed by atoms with Crippen molar-refractivity contribution in [2.24, 2.45) is 0 Å². The van der Waals surface area contributed by atoms with E-state index in [9.17, 15) is 13.2 Å². The normalized spacial score (nSPS) is 12.1. The molecule has 0 aliphatic carbocycles. The summed E-state index contributed by atoms with van der Waals surface area (Å²) in [7, 11) is 1.33. The van der Waals surface area contributed by atoms with Crippen LogP contribution in [-0.2, 0) is 6.18 Å². The summed E-state index contributed by atoms with van der Waals surface area (Å²) in [6, 6.07) is 3.85. The molecular formula is C11H11F3OS. The SMILES string of the molecule is COc1ccc(C=CCS)c(C(F)(F)F)c1. The van der Waals surface area contributed by atoms with Gasteiger partial charge in [0.25, 0.3) is 0 Å². The average Bonchev–Trinajstić information content (AvgIpc) is 2.25. The molecule has 1 aromatic carbocycles. The predicted octanol–water partition coefficient (Wildman–Crippen LogP) is 3.66. The quantitative estimate of drug-likeness (QED) is 0.803. The van der Waals surface area contributed by atoms with Gasteiger partial charge in [-0.25, -0.2) is 0 Å². The molecule has 1 nitrogen and oxygen atoms in total. The lowest BCUT2D eigenvalue weighted by molar-refractivity contribution is -0.137. The zero-order chi connectivity index (χ0) is 12.2. The van der Waals surface area contributed by atoms with Crippen LogP contribution in [0.25, 0.3) is 6.08 Å². The molecule has 0 N–H and O–H groups in total. The number of alkyl halides is 3. The van der Waals surface area contributed by atoms with Crippen molar-refractivity contribution in [3.63, 3.8) is 0 Å². The topological polar surface area (TPSA) is 9.23 Å². The molecule has 0 spiro atoms. The average molecular weight is 248 g/mol. The Balaban J connectivity index is 3.22. The minimum absolute atomic E-state index is 0.113. The molecular weight excluding hydrogens is 237 g/mol. The van der Waals surface area contributed by atoms with Crippen LogP contribution >= 0.6 is 12.6 Å². The van der Waals surface area contributed by atoms with Crippen molar-refractivity contribution in [1.29, 1.82) is 0 Å². The third-order valence-electron chi connectivity index (χ3n) is 1.97. The van der Waals surface area contributed by atoms with Crippen LogP contribution in [-0.4, -0.2) is 12.9 Å². The van der Waals surface area contributed by atoms with Gasteiger partial charge in [0, 0.05) is 5.75 Å². The molecule has 16 heavy (non-hydrogen) atoms. The number of hydrogen-bond acceptors (Lipinski definition) is 2. The van der Waals surface area contributed by atoms with Crippen molar-refractivity contribution in [3.05, 3.63) is 35.4 Å². The fourth-order valence-corrected chi connectivity index (χ4v) is 1.34. The molecule has 0 atom stereocenters. The number of ether oxygens (including phenoxy) is 1. The number of methoxy groups -OCH3 is 1. The second kappa shape index (κ2) is 5.30. The Kier molecular flexibility index (Phi) is 4.29. The van der Waals surface area contributed by atoms with Gasteiger partial charge in [0.2, 0.25) is 0 Å². The second-order valence-electron chi connectivity index (χ2n) is 3.04. The van der Waals surface area contributed by atoms with E-state index in [2.05, 4.69) is 12.6 Å². The van der Waals surface area contributed by atoms with Gasteiger partial charge in [-0.1, -0.05) is 18.2 Å². The molecule has 0 bridgehead atoms. The minimum Gasteiger partial charge on any atom is -0.497 e. The van der Waals surface area contributed by atoms with Crippen LogP contribution in [0, 0.1) is 0 Å². The highest BCUT2D eigenvalue weighted by molar-refractivity contribution is 7.80. The molecule has 88 valence electrons. The predicted molar refractivity (Wildman–Crippen MR) is 60.9 cm³/mol. The number of rotatable bonds is 3. The van der Waals surface area contributed by atoms with Crippen molar-refractivity contribution in [2.45, 2.75) is 6.18 Å². The van der Waals surface area contributed by atoms with Crippen LogP contribution < -0.4 is 4.74 Å². The van der Waals surface area contributed by atoms with E-state index in [0.29, 0.717) is 5.75 Å². The molecule has 0 aliphatic rings. The third-order valence-corrected chi connectivity index (χ3v) is 2.18. The summed E-state index contributed by atoms with van der Waals surface area (Å²) in [4.78, 5) is 0. The first-order valence-electron chi connectivity index (χ1n) is 4.51. The molecule has 0 amide bonds. The van der Waals surface area contributed by atoms with Gasteiger partial charge < -0.3 is 4.74 Å². The summed E-state index contributed by atoms with van der Waals surface area (Å²) < 4.78 is 42.8. The maximum atomic E-state index is 12.7. The summed E-state index contributed by atoms with van der Waals surface area (Å²) in [5.41, 5.74) is -0.591. The largest absolute Gasteiger partial charge is 0.497 e. The van der Waals surface area contributed by atoms with Gasteiger partial charge in [-0.15, -0.1) is 0 Å². The lowest BCUT2D eigenvalue weighted by atomic mass is 10.1. The first-order valence-corrected chi connectivity index (χ1v) is 5.15. The molecule has 0 aromatic heterocycles. The lowest BCUT2D eigenvalue weighted by Gasteiger charge is -2.11. The molecule has 0 heterocycles. The summed E-state index contributed by atoms with van der Waals surface area (Å²) >= 11 is 3.90. The van der Waals surface area contributed by atoms with E-state index in [0.717, 1.165) is 6.07 Å². The smallest absolute Gasteiger partial charge is 0.417 e. The van der Waals surface area contributed by atoms with E-state index in [4.69, 9.17) is 4.74 Å². The van der Waals surface area contributed by atoms with Gasteiger partial charge >= 0.3 is 6.18 Å². The van der Waals surface area contributed by atoms with Crippen molar-refractivity contribution in [1.82, 2.24) is 0 Å². The molecule has 1 rings (SSSR count). The third kappa shape index (κ3) is 3.20. The van der Waals surface area contributed by atoms with Gasteiger partial charge in [0.15, 0.2) is 0 Å². The van der Waals surface area contributed by atoms with Crippen LogP contribution in [0.4, 0.5) is 13.2 Å². The Morgan fingerprint density at radius 3 is 2.56 bits per heavy atom.